The monoisotopic (exact) mass is 357 g/mol. The van der Waals surface area contributed by atoms with Gasteiger partial charge in [0.25, 0.3) is 0 Å². The van der Waals surface area contributed by atoms with Crippen molar-refractivity contribution in [2.45, 2.75) is 81.1 Å². The summed E-state index contributed by atoms with van der Waals surface area (Å²) in [6.45, 7) is 5.73. The standard InChI is InChI=1S/C16H27N3O4S/c1-4-5-6-7-8-9(17)12(20)18-10-13(21)19-11(15(22)23)16(2,3)24-14(10)19/h9-11,14H,4-8,17H2,1-3H3,(H,18,20)(H,22,23)/t9?,10-,11+,14-/m1/s1. The van der Waals surface area contributed by atoms with Crippen molar-refractivity contribution in [3.8, 4) is 0 Å². The van der Waals surface area contributed by atoms with Crippen LogP contribution in [0.4, 0.5) is 0 Å². The van der Waals surface area contributed by atoms with Gasteiger partial charge in [-0.3, -0.25) is 9.59 Å². The third kappa shape index (κ3) is 3.54. The Morgan fingerprint density at radius 1 is 1.38 bits per heavy atom. The Labute approximate surface area is 146 Å². The van der Waals surface area contributed by atoms with Crippen LogP contribution in [0.5, 0.6) is 0 Å². The van der Waals surface area contributed by atoms with Gasteiger partial charge in [0.05, 0.1) is 6.04 Å². The second kappa shape index (κ2) is 7.31. The molecule has 2 heterocycles. The molecule has 2 saturated heterocycles. The van der Waals surface area contributed by atoms with Crippen LogP contribution in [0.2, 0.25) is 0 Å². The molecule has 0 aromatic rings. The second-order valence-corrected chi connectivity index (χ2v) is 8.81. The molecule has 2 rings (SSSR count). The largest absolute Gasteiger partial charge is 0.480 e. The minimum Gasteiger partial charge on any atom is -0.480 e. The molecular weight excluding hydrogens is 330 g/mol. The molecule has 0 saturated carbocycles. The third-order valence-corrected chi connectivity index (χ3v) is 6.25. The summed E-state index contributed by atoms with van der Waals surface area (Å²) in [6, 6.07) is -2.16. The van der Waals surface area contributed by atoms with E-state index >= 15 is 0 Å². The summed E-state index contributed by atoms with van der Waals surface area (Å²) in [7, 11) is 0. The minimum absolute atomic E-state index is 0.329. The average Bonchev–Trinajstić information content (AvgIpc) is 2.77. The van der Waals surface area contributed by atoms with E-state index in [-0.39, 0.29) is 17.2 Å². The van der Waals surface area contributed by atoms with E-state index in [9.17, 15) is 19.5 Å². The Kier molecular flexibility index (Phi) is 5.80. The summed E-state index contributed by atoms with van der Waals surface area (Å²) in [6.07, 6.45) is 4.76. The molecule has 24 heavy (non-hydrogen) atoms. The smallest absolute Gasteiger partial charge is 0.327 e. The van der Waals surface area contributed by atoms with Crippen LogP contribution in [0.3, 0.4) is 0 Å². The lowest BCUT2D eigenvalue weighted by Crippen LogP contribution is -2.71. The normalized spacial score (nSPS) is 28.9. The molecule has 8 heteroatoms. The summed E-state index contributed by atoms with van der Waals surface area (Å²) in [5, 5.41) is 11.7. The maximum absolute atomic E-state index is 12.3. The van der Waals surface area contributed by atoms with Crippen molar-refractivity contribution in [2.24, 2.45) is 5.73 Å². The number of carboxylic acid groups (broad SMARTS) is 1. The van der Waals surface area contributed by atoms with Crippen molar-refractivity contribution in [2.75, 3.05) is 0 Å². The van der Waals surface area contributed by atoms with Gasteiger partial charge in [0.2, 0.25) is 11.8 Å². The van der Waals surface area contributed by atoms with Gasteiger partial charge in [0, 0.05) is 4.75 Å². The zero-order valence-electron chi connectivity index (χ0n) is 14.4. The van der Waals surface area contributed by atoms with Crippen LogP contribution in [0, 0.1) is 0 Å². The minimum atomic E-state index is -1.01. The maximum Gasteiger partial charge on any atom is 0.327 e. The fraction of sp³-hybridized carbons (Fsp3) is 0.812. The predicted octanol–water partition coefficient (Wildman–Crippen LogP) is 0.916. The molecule has 2 aliphatic heterocycles. The number of aliphatic carboxylic acids is 1. The SMILES string of the molecule is CCCCCCC(N)C(=O)N[C@@H]1C(=O)N2[C@@H]1SC(C)(C)[C@@H]2C(=O)O. The van der Waals surface area contributed by atoms with Crippen LogP contribution in [-0.2, 0) is 14.4 Å². The quantitative estimate of drug-likeness (QED) is 0.440. The number of nitrogens with two attached hydrogens (primary N) is 1. The van der Waals surface area contributed by atoms with Crippen LogP contribution >= 0.6 is 11.8 Å². The topological polar surface area (TPSA) is 113 Å². The van der Waals surface area contributed by atoms with Crippen LogP contribution in [0.25, 0.3) is 0 Å². The highest BCUT2D eigenvalue weighted by atomic mass is 32.2. The van der Waals surface area contributed by atoms with E-state index in [1.54, 1.807) is 13.8 Å². The highest BCUT2D eigenvalue weighted by Gasteiger charge is 2.64. The molecule has 2 aliphatic rings. The van der Waals surface area contributed by atoms with Crippen molar-refractivity contribution in [3.63, 3.8) is 0 Å². The Morgan fingerprint density at radius 3 is 2.62 bits per heavy atom. The Bertz CT molecular complexity index is 525. The highest BCUT2D eigenvalue weighted by Crippen LogP contribution is 2.50. The molecule has 0 aromatic carbocycles. The molecule has 2 fully saturated rings. The maximum atomic E-state index is 12.3. The van der Waals surface area contributed by atoms with Gasteiger partial charge in [-0.1, -0.05) is 32.6 Å². The summed E-state index contributed by atoms with van der Waals surface area (Å²) < 4.78 is -0.589. The molecular formula is C16H27N3O4S. The number of nitrogens with zero attached hydrogens (tertiary/aromatic N) is 1. The number of nitrogens with one attached hydrogen (secondary N) is 1. The number of hydrogen-bond acceptors (Lipinski definition) is 5. The summed E-state index contributed by atoms with van der Waals surface area (Å²) in [4.78, 5) is 37.3. The van der Waals surface area contributed by atoms with Gasteiger partial charge >= 0.3 is 5.97 Å². The van der Waals surface area contributed by atoms with Crippen LogP contribution in [-0.4, -0.2) is 56.0 Å². The molecule has 136 valence electrons. The Balaban J connectivity index is 1.90. The lowest BCUT2D eigenvalue weighted by molar-refractivity contribution is -0.161. The predicted molar refractivity (Wildman–Crippen MR) is 92.4 cm³/mol. The fourth-order valence-electron chi connectivity index (χ4n) is 3.33. The van der Waals surface area contributed by atoms with Gasteiger partial charge in [0.15, 0.2) is 0 Å². The van der Waals surface area contributed by atoms with E-state index in [2.05, 4.69) is 12.2 Å². The number of rotatable bonds is 8. The number of β-lactam (4-membered cyclic amide) rings is 1. The highest BCUT2D eigenvalue weighted by molar-refractivity contribution is 8.01. The van der Waals surface area contributed by atoms with Gasteiger partial charge in [-0.25, -0.2) is 4.79 Å². The number of carbonyl (C=O) groups excluding carboxylic acids is 2. The van der Waals surface area contributed by atoms with Crippen molar-refractivity contribution < 1.29 is 19.5 Å². The molecule has 4 N–H and O–H groups in total. The van der Waals surface area contributed by atoms with E-state index in [4.69, 9.17) is 5.73 Å². The molecule has 2 amide bonds. The lowest BCUT2D eigenvalue weighted by atomic mass is 9.96. The van der Waals surface area contributed by atoms with Crippen LogP contribution < -0.4 is 11.1 Å². The van der Waals surface area contributed by atoms with E-state index < -0.39 is 28.8 Å². The first kappa shape index (κ1) is 19.1. The molecule has 0 aliphatic carbocycles. The van der Waals surface area contributed by atoms with E-state index in [0.717, 1.165) is 25.7 Å². The van der Waals surface area contributed by atoms with Gasteiger partial charge < -0.3 is 21.1 Å². The molecule has 0 aromatic heterocycles. The van der Waals surface area contributed by atoms with Crippen molar-refractivity contribution >= 4 is 29.5 Å². The first-order chi connectivity index (χ1) is 11.2. The Hall–Kier alpha value is -1.28. The van der Waals surface area contributed by atoms with Crippen LogP contribution in [0.1, 0.15) is 52.9 Å². The van der Waals surface area contributed by atoms with E-state index in [1.807, 2.05) is 0 Å². The fourth-order valence-corrected chi connectivity index (χ4v) is 4.95. The van der Waals surface area contributed by atoms with Gasteiger partial charge in [-0.05, 0) is 20.3 Å². The van der Waals surface area contributed by atoms with Crippen molar-refractivity contribution in [1.82, 2.24) is 10.2 Å². The van der Waals surface area contributed by atoms with Crippen molar-refractivity contribution in [3.05, 3.63) is 0 Å². The molecule has 0 radical (unpaired) electrons. The van der Waals surface area contributed by atoms with Gasteiger partial charge in [-0.2, -0.15) is 0 Å². The first-order valence-corrected chi connectivity index (χ1v) is 9.37. The third-order valence-electron chi connectivity index (χ3n) is 4.68. The average molecular weight is 357 g/mol. The zero-order chi connectivity index (χ0) is 18.1. The Morgan fingerprint density at radius 2 is 2.04 bits per heavy atom. The number of thioether (sulfide) groups is 1. The summed E-state index contributed by atoms with van der Waals surface area (Å²) in [5.41, 5.74) is 5.90. The zero-order valence-corrected chi connectivity index (χ0v) is 15.3. The number of hydrogen-bond donors (Lipinski definition) is 3. The number of unbranched alkanes of at least 4 members (excludes halogenated alkanes) is 3. The summed E-state index contributed by atoms with van der Waals surface area (Å²) >= 11 is 1.41. The lowest BCUT2D eigenvalue weighted by Gasteiger charge is -2.43. The second-order valence-electron chi connectivity index (χ2n) is 7.04. The van der Waals surface area contributed by atoms with Crippen LogP contribution in [0.15, 0.2) is 0 Å². The van der Waals surface area contributed by atoms with Gasteiger partial charge in [-0.15, -0.1) is 11.8 Å². The number of amides is 2. The molecule has 0 spiro atoms. The molecule has 7 nitrogen and oxygen atoms in total. The van der Waals surface area contributed by atoms with E-state index in [0.29, 0.717) is 6.42 Å². The molecule has 1 unspecified atom stereocenters. The summed E-state index contributed by atoms with van der Waals surface area (Å²) in [5.74, 6) is -1.68. The van der Waals surface area contributed by atoms with Crippen molar-refractivity contribution in [1.29, 1.82) is 0 Å². The number of carboxylic acids is 1. The number of fused-ring (bicyclic) bond motifs is 1. The number of carbonyl (C=O) groups is 3. The van der Waals surface area contributed by atoms with E-state index in [1.165, 1.54) is 16.7 Å². The van der Waals surface area contributed by atoms with Gasteiger partial charge in [0.1, 0.15) is 17.5 Å². The molecule has 4 atom stereocenters. The molecule has 0 bridgehead atoms. The first-order valence-electron chi connectivity index (χ1n) is 8.49.